The first-order valence-corrected chi connectivity index (χ1v) is 7.67. The van der Waals surface area contributed by atoms with Gasteiger partial charge in [-0.25, -0.2) is 0 Å². The lowest BCUT2D eigenvalue weighted by molar-refractivity contribution is -0.665. The van der Waals surface area contributed by atoms with Gasteiger partial charge >= 0.3 is 5.97 Å². The highest BCUT2D eigenvalue weighted by atomic mass is 16.6. The number of methoxy groups -OCH3 is 1. The van der Waals surface area contributed by atoms with E-state index in [0.717, 1.165) is 37.2 Å². The molecule has 21 heavy (non-hydrogen) atoms. The zero-order valence-corrected chi connectivity index (χ0v) is 13.2. The number of nitrogens with two attached hydrogens (primary N) is 1. The van der Waals surface area contributed by atoms with Crippen LogP contribution in [0.5, 0.6) is 5.75 Å². The second-order valence-corrected chi connectivity index (χ2v) is 6.25. The third-order valence-corrected chi connectivity index (χ3v) is 4.28. The molecule has 0 unspecified atom stereocenters. The number of rotatable bonds is 5. The molecule has 4 heteroatoms. The topological polar surface area (TPSA) is 52.1 Å². The van der Waals surface area contributed by atoms with Gasteiger partial charge in [0.25, 0.3) is 0 Å². The van der Waals surface area contributed by atoms with Crippen molar-refractivity contribution in [2.75, 3.05) is 20.2 Å². The van der Waals surface area contributed by atoms with Crippen molar-refractivity contribution in [3.05, 3.63) is 29.8 Å². The molecule has 0 spiro atoms. The van der Waals surface area contributed by atoms with E-state index in [0.29, 0.717) is 12.3 Å². The van der Waals surface area contributed by atoms with Gasteiger partial charge in [-0.2, -0.15) is 0 Å². The Morgan fingerprint density at radius 1 is 1.33 bits per heavy atom. The molecule has 4 nitrogen and oxygen atoms in total. The predicted octanol–water partition coefficient (Wildman–Crippen LogP) is 1.53. The summed E-state index contributed by atoms with van der Waals surface area (Å²) in [7, 11) is 1.63. The van der Waals surface area contributed by atoms with E-state index >= 15 is 0 Å². The van der Waals surface area contributed by atoms with Gasteiger partial charge in [-0.1, -0.05) is 12.1 Å². The molecule has 1 aromatic carbocycles. The van der Waals surface area contributed by atoms with E-state index in [1.807, 2.05) is 38.1 Å². The molecule has 116 valence electrons. The molecule has 1 fully saturated rings. The second-order valence-electron chi connectivity index (χ2n) is 6.25. The van der Waals surface area contributed by atoms with Gasteiger partial charge in [0.1, 0.15) is 11.4 Å². The largest absolute Gasteiger partial charge is 0.497 e. The van der Waals surface area contributed by atoms with Crippen LogP contribution in [0.1, 0.15) is 32.3 Å². The van der Waals surface area contributed by atoms with Gasteiger partial charge in [-0.15, -0.1) is 0 Å². The molecule has 0 amide bonds. The minimum Gasteiger partial charge on any atom is -0.497 e. The fourth-order valence-corrected chi connectivity index (χ4v) is 2.98. The fraction of sp³-hybridized carbons (Fsp3) is 0.588. The number of hydrogen-bond acceptors (Lipinski definition) is 3. The van der Waals surface area contributed by atoms with Crippen molar-refractivity contribution in [3.8, 4) is 5.75 Å². The lowest BCUT2D eigenvalue weighted by Gasteiger charge is -2.35. The number of ether oxygens (including phenoxy) is 2. The van der Waals surface area contributed by atoms with E-state index in [-0.39, 0.29) is 11.6 Å². The van der Waals surface area contributed by atoms with Crippen molar-refractivity contribution in [3.63, 3.8) is 0 Å². The van der Waals surface area contributed by atoms with E-state index in [1.54, 1.807) is 7.11 Å². The van der Waals surface area contributed by atoms with Crippen LogP contribution < -0.4 is 10.1 Å². The molecule has 1 heterocycles. The number of hydrogen-bond donors (Lipinski definition) is 1. The third-order valence-electron chi connectivity index (χ3n) is 4.28. The van der Waals surface area contributed by atoms with Crippen LogP contribution in [-0.4, -0.2) is 31.8 Å². The smallest absolute Gasteiger partial charge is 0.310 e. The lowest BCUT2D eigenvalue weighted by atomic mass is 9.83. The highest BCUT2D eigenvalue weighted by Crippen LogP contribution is 2.28. The predicted molar refractivity (Wildman–Crippen MR) is 81.3 cm³/mol. The summed E-state index contributed by atoms with van der Waals surface area (Å²) in [4.78, 5) is 12.2. The number of quaternary nitrogens is 1. The summed E-state index contributed by atoms with van der Waals surface area (Å²) >= 11 is 0. The minimum absolute atomic E-state index is 0.164. The Kier molecular flexibility index (Phi) is 5.23. The molecule has 1 aliphatic heterocycles. The lowest BCUT2D eigenvalue weighted by Crippen LogP contribution is -2.86. The first-order valence-electron chi connectivity index (χ1n) is 7.67. The average Bonchev–Trinajstić information content (AvgIpc) is 2.47. The van der Waals surface area contributed by atoms with Crippen molar-refractivity contribution in [2.24, 2.45) is 5.92 Å². The number of carbonyl (C=O) groups excluding carboxylic acids is 1. The summed E-state index contributed by atoms with van der Waals surface area (Å²) in [6.07, 6.45) is 2.51. The van der Waals surface area contributed by atoms with Gasteiger partial charge in [-0.3, -0.25) is 4.79 Å². The maximum Gasteiger partial charge on any atom is 0.310 e. The molecule has 1 saturated heterocycles. The van der Waals surface area contributed by atoms with Crippen LogP contribution in [0, 0.1) is 5.92 Å². The summed E-state index contributed by atoms with van der Waals surface area (Å²) in [5.74, 6) is 1.06. The van der Waals surface area contributed by atoms with Gasteiger partial charge in [0.05, 0.1) is 26.6 Å². The summed E-state index contributed by atoms with van der Waals surface area (Å²) in [5, 5.41) is 2.32. The molecule has 0 aliphatic carbocycles. The van der Waals surface area contributed by atoms with Crippen LogP contribution in [0.15, 0.2) is 24.3 Å². The van der Waals surface area contributed by atoms with Crippen molar-refractivity contribution in [1.29, 1.82) is 0 Å². The van der Waals surface area contributed by atoms with Crippen LogP contribution in [0.4, 0.5) is 0 Å². The first kappa shape index (κ1) is 15.8. The molecule has 0 saturated carbocycles. The molecule has 2 rings (SSSR count). The molecule has 0 atom stereocenters. The quantitative estimate of drug-likeness (QED) is 0.838. The average molecular weight is 292 g/mol. The highest BCUT2D eigenvalue weighted by molar-refractivity contribution is 5.73. The van der Waals surface area contributed by atoms with E-state index < -0.39 is 0 Å². The highest BCUT2D eigenvalue weighted by Gasteiger charge is 2.35. The Balaban J connectivity index is 1.93. The van der Waals surface area contributed by atoms with Gasteiger partial charge in [0.15, 0.2) is 0 Å². The Labute approximate surface area is 126 Å². The molecular formula is C17H26NO3+. The molecule has 1 aliphatic rings. The zero-order chi connectivity index (χ0) is 15.3. The number of piperidine rings is 1. The molecular weight excluding hydrogens is 266 g/mol. The normalized spacial score (nSPS) is 16.5. The van der Waals surface area contributed by atoms with Crippen LogP contribution in [0.3, 0.4) is 0 Å². The standard InChI is InChI=1S/C17H25NO3/c1-17(2,14-7-9-18-10-8-14)21-16(19)12-13-5-4-6-15(11-13)20-3/h4-6,11,14,18H,7-10,12H2,1-3H3/p+1. The SMILES string of the molecule is COc1cccc(CC(=O)OC(C)(C)C2CC[NH2+]CC2)c1. The summed E-state index contributed by atoms with van der Waals surface area (Å²) in [6, 6.07) is 7.57. The van der Waals surface area contributed by atoms with Gasteiger partial charge < -0.3 is 14.8 Å². The Morgan fingerprint density at radius 3 is 2.71 bits per heavy atom. The van der Waals surface area contributed by atoms with Crippen molar-refractivity contribution in [2.45, 2.75) is 38.7 Å². The van der Waals surface area contributed by atoms with Crippen LogP contribution in [0.2, 0.25) is 0 Å². The van der Waals surface area contributed by atoms with Gasteiger partial charge in [-0.05, 0) is 31.5 Å². The van der Waals surface area contributed by atoms with Crippen molar-refractivity contribution >= 4 is 5.97 Å². The third kappa shape index (κ3) is 4.46. The number of esters is 1. The maximum absolute atomic E-state index is 12.2. The molecule has 2 N–H and O–H groups in total. The summed E-state index contributed by atoms with van der Waals surface area (Å²) in [5.41, 5.74) is 0.539. The van der Waals surface area contributed by atoms with E-state index in [9.17, 15) is 4.79 Å². The van der Waals surface area contributed by atoms with Crippen LogP contribution >= 0.6 is 0 Å². The fourth-order valence-electron chi connectivity index (χ4n) is 2.98. The van der Waals surface area contributed by atoms with Crippen molar-refractivity contribution < 1.29 is 19.6 Å². The van der Waals surface area contributed by atoms with E-state index in [1.165, 1.54) is 0 Å². The van der Waals surface area contributed by atoms with E-state index in [4.69, 9.17) is 9.47 Å². The van der Waals surface area contributed by atoms with Crippen molar-refractivity contribution in [1.82, 2.24) is 0 Å². The summed E-state index contributed by atoms with van der Waals surface area (Å²) in [6.45, 7) is 6.32. The maximum atomic E-state index is 12.2. The van der Waals surface area contributed by atoms with Crippen LogP contribution in [0.25, 0.3) is 0 Å². The molecule has 0 radical (unpaired) electrons. The Hall–Kier alpha value is -1.55. The molecule has 1 aromatic rings. The first-order chi connectivity index (χ1) is 10.0. The second kappa shape index (κ2) is 6.94. The van der Waals surface area contributed by atoms with Gasteiger partial charge in [0, 0.05) is 18.8 Å². The molecule has 0 aromatic heterocycles. The van der Waals surface area contributed by atoms with Crippen LogP contribution in [-0.2, 0) is 16.0 Å². The number of benzene rings is 1. The molecule has 0 bridgehead atoms. The van der Waals surface area contributed by atoms with E-state index in [2.05, 4.69) is 5.32 Å². The zero-order valence-electron chi connectivity index (χ0n) is 13.2. The number of carbonyl (C=O) groups is 1. The van der Waals surface area contributed by atoms with Gasteiger partial charge in [0.2, 0.25) is 0 Å². The Morgan fingerprint density at radius 2 is 2.05 bits per heavy atom. The Bertz CT molecular complexity index is 479. The monoisotopic (exact) mass is 292 g/mol. The summed E-state index contributed by atoms with van der Waals surface area (Å²) < 4.78 is 10.9. The minimum atomic E-state index is -0.385.